The van der Waals surface area contributed by atoms with E-state index in [0.717, 1.165) is 31.1 Å². The second-order valence-electron chi connectivity index (χ2n) is 6.26. The Balaban J connectivity index is 1.97. The number of halogens is 1. The zero-order valence-corrected chi connectivity index (χ0v) is 13.0. The van der Waals surface area contributed by atoms with Gasteiger partial charge in [0.15, 0.2) is 11.3 Å². The van der Waals surface area contributed by atoms with Gasteiger partial charge in [0, 0.05) is 17.3 Å². The van der Waals surface area contributed by atoms with E-state index in [4.69, 9.17) is 21.8 Å². The first-order valence-corrected chi connectivity index (χ1v) is 7.86. The first-order valence-electron chi connectivity index (χ1n) is 7.49. The van der Waals surface area contributed by atoms with E-state index in [0.29, 0.717) is 28.8 Å². The van der Waals surface area contributed by atoms with E-state index in [1.54, 1.807) is 12.1 Å². The summed E-state index contributed by atoms with van der Waals surface area (Å²) >= 11 is 6.12. The van der Waals surface area contributed by atoms with Crippen molar-refractivity contribution in [1.82, 2.24) is 0 Å². The molecule has 0 amide bonds. The highest BCUT2D eigenvalue weighted by Gasteiger charge is 2.41. The van der Waals surface area contributed by atoms with Crippen LogP contribution in [0.2, 0.25) is 5.02 Å². The summed E-state index contributed by atoms with van der Waals surface area (Å²) in [5.41, 5.74) is 6.07. The van der Waals surface area contributed by atoms with Crippen molar-refractivity contribution < 1.29 is 9.21 Å². The fraction of sp³-hybridized carbons (Fsp3) is 0.471. The lowest BCUT2D eigenvalue weighted by Crippen LogP contribution is -2.41. The summed E-state index contributed by atoms with van der Waals surface area (Å²) in [6.07, 6.45) is 3.77. The zero-order valence-electron chi connectivity index (χ0n) is 12.2. The highest BCUT2D eigenvalue weighted by molar-refractivity contribution is 6.34. The lowest BCUT2D eigenvalue weighted by atomic mass is 9.68. The molecule has 1 aromatic carbocycles. The van der Waals surface area contributed by atoms with Crippen LogP contribution in [0.3, 0.4) is 0 Å². The molecule has 4 heteroatoms. The number of carbonyl (C=O) groups is 1. The van der Waals surface area contributed by atoms with Gasteiger partial charge in [0.25, 0.3) is 0 Å². The molecule has 1 fully saturated rings. The van der Waals surface area contributed by atoms with Gasteiger partial charge in [-0.15, -0.1) is 0 Å². The first kappa shape index (κ1) is 14.6. The standard InChI is InChI=1S/C17H20ClNO2/c1-11-5-7-17(10-19,8-6-11)16(20)14-9-12-3-2-4-13(18)15(12)21-14/h2-4,9,11H,5-8,10,19H2,1H3. The smallest absolute Gasteiger partial charge is 0.205 e. The Morgan fingerprint density at radius 2 is 2.14 bits per heavy atom. The lowest BCUT2D eigenvalue weighted by Gasteiger charge is -2.36. The van der Waals surface area contributed by atoms with Gasteiger partial charge in [0.2, 0.25) is 5.78 Å². The van der Waals surface area contributed by atoms with Crippen molar-refractivity contribution in [2.24, 2.45) is 17.1 Å². The SMILES string of the molecule is CC1CCC(CN)(C(=O)c2cc3cccc(Cl)c3o2)CC1. The molecule has 0 spiro atoms. The summed E-state index contributed by atoms with van der Waals surface area (Å²) in [5.74, 6) is 1.09. The molecule has 0 bridgehead atoms. The van der Waals surface area contributed by atoms with E-state index in [9.17, 15) is 4.79 Å². The van der Waals surface area contributed by atoms with Gasteiger partial charge in [-0.3, -0.25) is 4.79 Å². The third kappa shape index (κ3) is 2.49. The number of carbonyl (C=O) groups excluding carboxylic acids is 1. The minimum Gasteiger partial charge on any atom is -0.451 e. The number of Topliss-reactive ketones (excluding diaryl/α,β-unsaturated/α-hetero) is 1. The van der Waals surface area contributed by atoms with Gasteiger partial charge in [-0.2, -0.15) is 0 Å². The van der Waals surface area contributed by atoms with Crippen molar-refractivity contribution >= 4 is 28.4 Å². The number of nitrogens with two attached hydrogens (primary N) is 1. The summed E-state index contributed by atoms with van der Waals surface area (Å²) in [6, 6.07) is 7.32. The molecular weight excluding hydrogens is 286 g/mol. The van der Waals surface area contributed by atoms with Gasteiger partial charge in [-0.1, -0.05) is 30.7 Å². The number of benzene rings is 1. The Morgan fingerprint density at radius 3 is 2.76 bits per heavy atom. The van der Waals surface area contributed by atoms with Crippen LogP contribution in [0.15, 0.2) is 28.7 Å². The monoisotopic (exact) mass is 305 g/mol. The van der Waals surface area contributed by atoms with E-state index in [2.05, 4.69) is 6.92 Å². The van der Waals surface area contributed by atoms with E-state index in [1.807, 2.05) is 12.1 Å². The Labute approximate surface area is 129 Å². The summed E-state index contributed by atoms with van der Waals surface area (Å²) in [5, 5.41) is 1.40. The van der Waals surface area contributed by atoms with E-state index < -0.39 is 5.41 Å². The molecule has 2 N–H and O–H groups in total. The maximum atomic E-state index is 12.9. The lowest BCUT2D eigenvalue weighted by molar-refractivity contribution is 0.0667. The quantitative estimate of drug-likeness (QED) is 0.854. The molecule has 3 nitrogen and oxygen atoms in total. The third-order valence-corrected chi connectivity index (χ3v) is 5.12. The fourth-order valence-corrected chi connectivity index (χ4v) is 3.46. The third-order valence-electron chi connectivity index (χ3n) is 4.82. The largest absolute Gasteiger partial charge is 0.451 e. The Morgan fingerprint density at radius 1 is 1.43 bits per heavy atom. The first-order chi connectivity index (χ1) is 10.1. The molecule has 1 aromatic heterocycles. The van der Waals surface area contributed by atoms with Crippen molar-refractivity contribution in [2.75, 3.05) is 6.54 Å². The number of fused-ring (bicyclic) bond motifs is 1. The minimum atomic E-state index is -0.465. The van der Waals surface area contributed by atoms with Gasteiger partial charge in [-0.25, -0.2) is 0 Å². The maximum absolute atomic E-state index is 12.9. The zero-order chi connectivity index (χ0) is 15.0. The molecule has 21 heavy (non-hydrogen) atoms. The van der Waals surface area contributed by atoms with Gasteiger partial charge in [-0.05, 0) is 43.7 Å². The molecular formula is C17H20ClNO2. The second-order valence-corrected chi connectivity index (χ2v) is 6.67. The van der Waals surface area contributed by atoms with Gasteiger partial charge in [0.05, 0.1) is 5.02 Å². The van der Waals surface area contributed by atoms with Crippen molar-refractivity contribution in [2.45, 2.75) is 32.6 Å². The predicted octanol–water partition coefficient (Wildman–Crippen LogP) is 4.42. The summed E-state index contributed by atoms with van der Waals surface area (Å²) in [6.45, 7) is 2.61. The summed E-state index contributed by atoms with van der Waals surface area (Å²) < 4.78 is 5.73. The molecule has 1 aliphatic rings. The molecule has 0 aliphatic heterocycles. The number of ketones is 1. The van der Waals surface area contributed by atoms with Crippen LogP contribution in [0.4, 0.5) is 0 Å². The van der Waals surface area contributed by atoms with E-state index in [1.165, 1.54) is 0 Å². The number of furan rings is 1. The minimum absolute atomic E-state index is 0.0316. The molecule has 0 atom stereocenters. The Hall–Kier alpha value is -1.32. The Bertz CT molecular complexity index is 668. The van der Waals surface area contributed by atoms with Crippen molar-refractivity contribution in [3.05, 3.63) is 35.0 Å². The van der Waals surface area contributed by atoms with Crippen LogP contribution in [0.25, 0.3) is 11.0 Å². The second kappa shape index (κ2) is 5.47. The number of rotatable bonds is 3. The van der Waals surface area contributed by atoms with Crippen LogP contribution in [-0.2, 0) is 0 Å². The van der Waals surface area contributed by atoms with Gasteiger partial charge < -0.3 is 10.2 Å². The van der Waals surface area contributed by atoms with Gasteiger partial charge in [0.1, 0.15) is 0 Å². The number of hydrogen-bond acceptors (Lipinski definition) is 3. The Kier molecular flexibility index (Phi) is 3.80. The highest BCUT2D eigenvalue weighted by atomic mass is 35.5. The molecule has 2 aromatic rings. The van der Waals surface area contributed by atoms with Crippen LogP contribution in [0, 0.1) is 11.3 Å². The van der Waals surface area contributed by atoms with Crippen molar-refractivity contribution in [1.29, 1.82) is 0 Å². The molecule has 0 saturated heterocycles. The normalized spacial score (nSPS) is 26.1. The number of hydrogen-bond donors (Lipinski definition) is 1. The molecule has 1 heterocycles. The van der Waals surface area contributed by atoms with Crippen molar-refractivity contribution in [3.63, 3.8) is 0 Å². The van der Waals surface area contributed by atoms with E-state index >= 15 is 0 Å². The molecule has 1 aliphatic carbocycles. The van der Waals surface area contributed by atoms with Crippen LogP contribution in [-0.4, -0.2) is 12.3 Å². The molecule has 1 saturated carbocycles. The summed E-state index contributed by atoms with van der Waals surface area (Å²) in [7, 11) is 0. The average molecular weight is 306 g/mol. The van der Waals surface area contributed by atoms with Crippen LogP contribution in [0.1, 0.15) is 43.2 Å². The van der Waals surface area contributed by atoms with Crippen molar-refractivity contribution in [3.8, 4) is 0 Å². The van der Waals surface area contributed by atoms with Gasteiger partial charge >= 0.3 is 0 Å². The summed E-state index contributed by atoms with van der Waals surface area (Å²) in [4.78, 5) is 12.9. The maximum Gasteiger partial charge on any atom is 0.205 e. The average Bonchev–Trinajstić information content (AvgIpc) is 2.93. The van der Waals surface area contributed by atoms with Crippen LogP contribution < -0.4 is 5.73 Å². The molecule has 3 rings (SSSR count). The number of para-hydroxylation sites is 1. The highest BCUT2D eigenvalue weighted by Crippen LogP contribution is 2.41. The molecule has 0 radical (unpaired) electrons. The van der Waals surface area contributed by atoms with Crippen LogP contribution in [0.5, 0.6) is 0 Å². The fourth-order valence-electron chi connectivity index (χ4n) is 3.24. The molecule has 112 valence electrons. The van der Waals surface area contributed by atoms with E-state index in [-0.39, 0.29) is 5.78 Å². The topological polar surface area (TPSA) is 56.2 Å². The predicted molar refractivity (Wildman–Crippen MR) is 84.7 cm³/mol. The van der Waals surface area contributed by atoms with Crippen LogP contribution >= 0.6 is 11.6 Å². The molecule has 0 unspecified atom stereocenters.